The summed E-state index contributed by atoms with van der Waals surface area (Å²) in [6.07, 6.45) is -4.59. The zero-order chi connectivity index (χ0) is 25.0. The summed E-state index contributed by atoms with van der Waals surface area (Å²) in [6, 6.07) is 5.37. The van der Waals surface area contributed by atoms with E-state index in [1.54, 1.807) is 26.8 Å². The first-order chi connectivity index (χ1) is 16.0. The number of halogens is 4. The maximum absolute atomic E-state index is 13.5. The molecule has 0 unspecified atom stereocenters. The van der Waals surface area contributed by atoms with Gasteiger partial charge in [0, 0.05) is 11.7 Å². The highest BCUT2D eigenvalue weighted by molar-refractivity contribution is 7.13. The van der Waals surface area contributed by atoms with Crippen molar-refractivity contribution in [1.82, 2.24) is 25.5 Å². The monoisotopic (exact) mass is 514 g/mol. The lowest BCUT2D eigenvalue weighted by molar-refractivity contribution is -0.137. The Hall–Kier alpha value is -2.99. The second kappa shape index (κ2) is 10.5. The van der Waals surface area contributed by atoms with Crippen molar-refractivity contribution >= 4 is 40.4 Å². The van der Waals surface area contributed by atoms with Gasteiger partial charge in [-0.05, 0) is 55.1 Å². The number of carbonyl (C=O) groups excluding carboxylic acids is 2. The number of carbonyl (C=O) groups is 2. The molecule has 0 aliphatic heterocycles. The van der Waals surface area contributed by atoms with E-state index in [-0.39, 0.29) is 18.2 Å². The number of hydrogen-bond donors (Lipinski definition) is 1. The predicted molar refractivity (Wildman–Crippen MR) is 122 cm³/mol. The Morgan fingerprint density at radius 1 is 1.26 bits per heavy atom. The second-order valence-electron chi connectivity index (χ2n) is 7.63. The number of thiophene rings is 1. The number of hydrogen-bond acceptors (Lipinski definition) is 6. The zero-order valence-corrected chi connectivity index (χ0v) is 20.1. The fourth-order valence-corrected chi connectivity index (χ4v) is 4.13. The van der Waals surface area contributed by atoms with Crippen LogP contribution in [0.2, 0.25) is 5.02 Å². The second-order valence-corrected chi connectivity index (χ2v) is 8.99. The van der Waals surface area contributed by atoms with Crippen LogP contribution < -0.4 is 10.2 Å². The molecule has 2 amide bonds. The summed E-state index contributed by atoms with van der Waals surface area (Å²) >= 11 is 7.15. The van der Waals surface area contributed by atoms with Crippen molar-refractivity contribution in [2.45, 2.75) is 52.0 Å². The van der Waals surface area contributed by atoms with Gasteiger partial charge in [-0.1, -0.05) is 24.6 Å². The third-order valence-electron chi connectivity index (χ3n) is 4.71. The minimum atomic E-state index is -4.74. The summed E-state index contributed by atoms with van der Waals surface area (Å²) in [4.78, 5) is 29.0. The van der Waals surface area contributed by atoms with Crippen LogP contribution in [0.15, 0.2) is 35.7 Å². The maximum atomic E-state index is 13.5. The lowest BCUT2D eigenvalue weighted by Gasteiger charge is -2.31. The number of amides is 2. The third kappa shape index (κ3) is 5.92. The van der Waals surface area contributed by atoms with E-state index in [4.69, 9.17) is 11.6 Å². The molecule has 1 N–H and O–H groups in total. The Labute approximate surface area is 202 Å². The highest BCUT2D eigenvalue weighted by Gasteiger charge is 2.36. The number of nitrogens with zero attached hydrogens (tertiary/aromatic N) is 5. The summed E-state index contributed by atoms with van der Waals surface area (Å²) in [7, 11) is 0. The number of aromatic nitrogens is 4. The van der Waals surface area contributed by atoms with E-state index in [1.807, 2.05) is 11.4 Å². The van der Waals surface area contributed by atoms with Crippen molar-refractivity contribution < 1.29 is 22.8 Å². The Bertz CT molecular complexity index is 1150. The van der Waals surface area contributed by atoms with E-state index in [0.717, 1.165) is 26.7 Å². The van der Waals surface area contributed by atoms with Crippen LogP contribution in [0.1, 0.15) is 32.8 Å². The molecular weight excluding hydrogens is 493 g/mol. The first-order valence-electron chi connectivity index (χ1n) is 10.3. The number of nitrogens with one attached hydrogen (secondary N) is 1. The van der Waals surface area contributed by atoms with Crippen LogP contribution in [-0.2, 0) is 22.3 Å². The lowest BCUT2D eigenvalue weighted by Crippen LogP contribution is -2.52. The standard InChI is InChI=1S/C21H22ClF3N6O2S/c1-4-16(20(33)26-12(2)3)31(13-7-8-15(22)14(10-13)21(23,24)25)18(32)11-30-28-19(27-29-30)17-6-5-9-34-17/h5-10,12,16H,4,11H2,1-3H3,(H,26,33)/t16-/m1/s1. The van der Waals surface area contributed by atoms with Gasteiger partial charge in [0.25, 0.3) is 5.91 Å². The molecule has 8 nitrogen and oxygen atoms in total. The quantitative estimate of drug-likeness (QED) is 0.480. The average Bonchev–Trinajstić information content (AvgIpc) is 3.43. The molecule has 2 heterocycles. The zero-order valence-electron chi connectivity index (χ0n) is 18.5. The number of anilines is 1. The van der Waals surface area contributed by atoms with E-state index >= 15 is 0 Å². The number of tetrazole rings is 1. The Kier molecular flexibility index (Phi) is 7.93. The fraction of sp³-hybridized carbons (Fsp3) is 0.381. The van der Waals surface area contributed by atoms with Crippen molar-refractivity contribution in [1.29, 1.82) is 0 Å². The SMILES string of the molecule is CC[C@H](C(=O)NC(C)C)N(C(=O)Cn1nnc(-c2cccs2)n1)c1ccc(Cl)c(C(F)(F)F)c1. The molecule has 0 saturated heterocycles. The summed E-state index contributed by atoms with van der Waals surface area (Å²) in [6.45, 7) is 4.71. The van der Waals surface area contributed by atoms with Gasteiger partial charge < -0.3 is 5.32 Å². The summed E-state index contributed by atoms with van der Waals surface area (Å²) in [5.41, 5.74) is -1.23. The van der Waals surface area contributed by atoms with Gasteiger partial charge in [-0.25, -0.2) is 0 Å². The van der Waals surface area contributed by atoms with Crippen LogP contribution in [0.5, 0.6) is 0 Å². The number of benzene rings is 1. The van der Waals surface area contributed by atoms with E-state index in [0.29, 0.717) is 5.82 Å². The molecule has 3 rings (SSSR count). The molecular formula is C21H22ClF3N6O2S. The van der Waals surface area contributed by atoms with Crippen LogP contribution in [0.4, 0.5) is 18.9 Å². The summed E-state index contributed by atoms with van der Waals surface area (Å²) in [5, 5.41) is 16.0. The van der Waals surface area contributed by atoms with Gasteiger partial charge in [-0.3, -0.25) is 14.5 Å². The van der Waals surface area contributed by atoms with E-state index in [9.17, 15) is 22.8 Å². The molecule has 0 saturated carbocycles. The first-order valence-corrected chi connectivity index (χ1v) is 11.6. The van der Waals surface area contributed by atoms with Crippen molar-refractivity contribution in [2.24, 2.45) is 0 Å². The number of alkyl halides is 3. The van der Waals surface area contributed by atoms with Crippen molar-refractivity contribution in [3.8, 4) is 10.7 Å². The molecule has 1 atom stereocenters. The topological polar surface area (TPSA) is 93.0 Å². The smallest absolute Gasteiger partial charge is 0.352 e. The van der Waals surface area contributed by atoms with Gasteiger partial charge >= 0.3 is 6.18 Å². The van der Waals surface area contributed by atoms with Gasteiger partial charge in [-0.15, -0.1) is 21.5 Å². The molecule has 1 aromatic carbocycles. The fourth-order valence-electron chi connectivity index (χ4n) is 3.26. The van der Waals surface area contributed by atoms with Crippen LogP contribution >= 0.6 is 22.9 Å². The van der Waals surface area contributed by atoms with Gasteiger partial charge in [0.05, 0.1) is 15.5 Å². The molecule has 3 aromatic rings. The van der Waals surface area contributed by atoms with E-state index < -0.39 is 41.2 Å². The molecule has 0 aliphatic carbocycles. The largest absolute Gasteiger partial charge is 0.417 e. The minimum absolute atomic E-state index is 0.119. The summed E-state index contributed by atoms with van der Waals surface area (Å²) < 4.78 is 40.5. The Morgan fingerprint density at radius 3 is 2.59 bits per heavy atom. The van der Waals surface area contributed by atoms with E-state index in [1.165, 1.54) is 17.4 Å². The maximum Gasteiger partial charge on any atom is 0.417 e. The normalized spacial score (nSPS) is 12.6. The minimum Gasteiger partial charge on any atom is -0.352 e. The van der Waals surface area contributed by atoms with Gasteiger partial charge in [0.15, 0.2) is 0 Å². The van der Waals surface area contributed by atoms with Crippen LogP contribution in [0, 0.1) is 0 Å². The Balaban J connectivity index is 1.99. The molecule has 0 radical (unpaired) electrons. The molecule has 182 valence electrons. The molecule has 0 spiro atoms. The van der Waals surface area contributed by atoms with Crippen LogP contribution in [-0.4, -0.2) is 44.1 Å². The molecule has 0 bridgehead atoms. The third-order valence-corrected chi connectivity index (χ3v) is 5.90. The van der Waals surface area contributed by atoms with E-state index in [2.05, 4.69) is 20.7 Å². The average molecular weight is 515 g/mol. The highest BCUT2D eigenvalue weighted by Crippen LogP contribution is 2.37. The first kappa shape index (κ1) is 25.6. The van der Waals surface area contributed by atoms with Crippen molar-refractivity contribution in [2.75, 3.05) is 4.90 Å². The van der Waals surface area contributed by atoms with Gasteiger partial charge in [-0.2, -0.15) is 18.0 Å². The van der Waals surface area contributed by atoms with Gasteiger partial charge in [0.2, 0.25) is 11.7 Å². The molecule has 34 heavy (non-hydrogen) atoms. The van der Waals surface area contributed by atoms with Gasteiger partial charge in [0.1, 0.15) is 12.6 Å². The van der Waals surface area contributed by atoms with Crippen LogP contribution in [0.3, 0.4) is 0 Å². The van der Waals surface area contributed by atoms with Crippen LogP contribution in [0.25, 0.3) is 10.7 Å². The molecule has 0 aliphatic rings. The number of rotatable bonds is 8. The molecule has 0 fully saturated rings. The predicted octanol–water partition coefficient (Wildman–Crippen LogP) is 4.41. The Morgan fingerprint density at radius 2 is 2.00 bits per heavy atom. The molecule has 2 aromatic heterocycles. The molecule has 13 heteroatoms. The highest BCUT2D eigenvalue weighted by atomic mass is 35.5. The summed E-state index contributed by atoms with van der Waals surface area (Å²) in [5.74, 6) is -0.874. The van der Waals surface area contributed by atoms with Crippen molar-refractivity contribution in [3.63, 3.8) is 0 Å². The lowest BCUT2D eigenvalue weighted by atomic mass is 10.1. The van der Waals surface area contributed by atoms with Crippen molar-refractivity contribution in [3.05, 3.63) is 46.3 Å².